The monoisotopic (exact) mass is 472 g/mol. The van der Waals surface area contributed by atoms with E-state index >= 15 is 0 Å². The molecule has 0 saturated carbocycles. The van der Waals surface area contributed by atoms with Crippen LogP contribution in [0.25, 0.3) is 5.00 Å². The van der Waals surface area contributed by atoms with Crippen molar-refractivity contribution in [3.8, 4) is 5.00 Å². The molecule has 3 atom stereocenters. The fourth-order valence-corrected chi connectivity index (χ4v) is 5.38. The van der Waals surface area contributed by atoms with E-state index in [0.717, 1.165) is 27.7 Å². The lowest BCUT2D eigenvalue weighted by Crippen LogP contribution is -2.25. The summed E-state index contributed by atoms with van der Waals surface area (Å²) in [6.45, 7) is 13.9. The number of aromatic nitrogens is 3. The van der Waals surface area contributed by atoms with Gasteiger partial charge >= 0.3 is 5.97 Å². The average Bonchev–Trinajstić information content (AvgIpc) is 3.15. The molecule has 0 radical (unpaired) electrons. The Morgan fingerprint density at radius 1 is 1.25 bits per heavy atom. The first-order valence-corrected chi connectivity index (χ1v) is 12.1. The first-order valence-electron chi connectivity index (χ1n) is 10.8. The number of fused-ring (bicyclic) bond motifs is 3. The van der Waals surface area contributed by atoms with Crippen LogP contribution in [0.3, 0.4) is 0 Å². The maximum absolute atomic E-state index is 12.8. The van der Waals surface area contributed by atoms with Crippen LogP contribution in [0, 0.1) is 26.7 Å². The molecule has 3 heterocycles. The molecule has 0 N–H and O–H groups in total. The predicted molar refractivity (Wildman–Crippen MR) is 129 cm³/mol. The third-order valence-corrected chi connectivity index (χ3v) is 7.43. The standard InChI is InChI=1S/C24H29ClN4O2S/c1-12-10-16(8-9-17(12)25)21-20-13(2)14(3)32-23(20)29-15(4)27-28-22(29)18(26-21)11-19(30)31-24(5,6)7/h8-10,12,17-18H,11H2,1-7H3/t12?,17?,18-/m1/s1. The normalized spacial score (nSPS) is 22.6. The van der Waals surface area contributed by atoms with E-state index in [1.165, 1.54) is 10.4 Å². The Hall–Kier alpha value is -2.25. The highest BCUT2D eigenvalue weighted by Crippen LogP contribution is 2.40. The molecule has 2 aromatic heterocycles. The van der Waals surface area contributed by atoms with E-state index in [1.54, 1.807) is 11.3 Å². The van der Waals surface area contributed by atoms with E-state index in [4.69, 9.17) is 21.3 Å². The lowest BCUT2D eigenvalue weighted by Gasteiger charge is -2.21. The quantitative estimate of drug-likeness (QED) is 0.432. The van der Waals surface area contributed by atoms with E-state index < -0.39 is 11.6 Å². The van der Waals surface area contributed by atoms with Crippen LogP contribution in [-0.2, 0) is 9.53 Å². The van der Waals surface area contributed by atoms with Gasteiger partial charge < -0.3 is 4.74 Å². The minimum absolute atomic E-state index is 0.0469. The van der Waals surface area contributed by atoms with Gasteiger partial charge in [-0.3, -0.25) is 14.4 Å². The number of nitrogens with zero attached hydrogens (tertiary/aromatic N) is 4. The molecule has 0 aromatic carbocycles. The molecule has 1 aliphatic carbocycles. The van der Waals surface area contributed by atoms with Gasteiger partial charge in [0.05, 0.1) is 17.5 Å². The second-order valence-corrected chi connectivity index (χ2v) is 11.2. The van der Waals surface area contributed by atoms with E-state index in [2.05, 4.69) is 37.0 Å². The molecule has 0 amide bonds. The van der Waals surface area contributed by atoms with Gasteiger partial charge in [-0.15, -0.1) is 33.1 Å². The average molecular weight is 473 g/mol. The topological polar surface area (TPSA) is 69.4 Å². The van der Waals surface area contributed by atoms with E-state index in [1.807, 2.05) is 44.4 Å². The fourth-order valence-electron chi connectivity index (χ4n) is 4.03. The second kappa shape index (κ2) is 8.27. The van der Waals surface area contributed by atoms with Gasteiger partial charge in [0, 0.05) is 10.4 Å². The van der Waals surface area contributed by atoms with Crippen LogP contribution >= 0.6 is 22.9 Å². The molecule has 2 aromatic rings. The molecule has 6 nitrogen and oxygen atoms in total. The number of carbonyl (C=O) groups is 1. The van der Waals surface area contributed by atoms with Crippen molar-refractivity contribution in [1.29, 1.82) is 0 Å². The maximum Gasteiger partial charge on any atom is 0.308 e. The molecule has 0 saturated heterocycles. The smallest absolute Gasteiger partial charge is 0.308 e. The molecular weight excluding hydrogens is 444 g/mol. The zero-order chi connectivity index (χ0) is 23.4. The third-order valence-electron chi connectivity index (χ3n) is 5.70. The summed E-state index contributed by atoms with van der Waals surface area (Å²) in [5.74, 6) is 1.30. The predicted octanol–water partition coefficient (Wildman–Crippen LogP) is 5.57. The number of esters is 1. The third kappa shape index (κ3) is 4.20. The molecular formula is C24H29ClN4O2S. The van der Waals surface area contributed by atoms with Gasteiger partial charge in [0.25, 0.3) is 0 Å². The van der Waals surface area contributed by atoms with E-state index in [0.29, 0.717) is 5.82 Å². The number of allylic oxidation sites excluding steroid dienone is 4. The Morgan fingerprint density at radius 2 is 1.97 bits per heavy atom. The highest BCUT2D eigenvalue weighted by Gasteiger charge is 2.34. The number of alkyl halides is 1. The summed E-state index contributed by atoms with van der Waals surface area (Å²) in [7, 11) is 0. The second-order valence-electron chi connectivity index (χ2n) is 9.47. The van der Waals surface area contributed by atoms with Gasteiger partial charge in [-0.25, -0.2) is 0 Å². The summed E-state index contributed by atoms with van der Waals surface area (Å²) >= 11 is 8.12. The lowest BCUT2D eigenvalue weighted by molar-refractivity contribution is -0.155. The van der Waals surface area contributed by atoms with E-state index in [9.17, 15) is 4.79 Å². The number of rotatable bonds is 3. The van der Waals surface area contributed by atoms with Crippen molar-refractivity contribution in [2.24, 2.45) is 10.9 Å². The summed E-state index contributed by atoms with van der Waals surface area (Å²) in [4.78, 5) is 19.1. The lowest BCUT2D eigenvalue weighted by atomic mass is 9.91. The number of hydrogen-bond acceptors (Lipinski definition) is 6. The zero-order valence-electron chi connectivity index (χ0n) is 19.6. The van der Waals surface area contributed by atoms with Crippen LogP contribution in [0.1, 0.15) is 67.8 Å². The first-order chi connectivity index (χ1) is 15.0. The highest BCUT2D eigenvalue weighted by molar-refractivity contribution is 7.15. The number of ether oxygens (including phenoxy) is 1. The Balaban J connectivity index is 1.89. The molecule has 170 valence electrons. The van der Waals surface area contributed by atoms with Crippen molar-refractivity contribution in [1.82, 2.24) is 14.8 Å². The number of hydrogen-bond donors (Lipinski definition) is 0. The van der Waals surface area contributed by atoms with Gasteiger partial charge in [-0.2, -0.15) is 0 Å². The van der Waals surface area contributed by atoms with Crippen molar-refractivity contribution in [3.63, 3.8) is 0 Å². The minimum Gasteiger partial charge on any atom is -0.460 e. The van der Waals surface area contributed by atoms with Crippen molar-refractivity contribution in [2.75, 3.05) is 0 Å². The Labute approximate surface area is 198 Å². The molecule has 0 spiro atoms. The first kappa shape index (κ1) is 22.9. The summed E-state index contributed by atoms with van der Waals surface area (Å²) in [5.41, 5.74) is 3.56. The molecule has 8 heteroatoms. The number of carbonyl (C=O) groups excluding carboxylic acids is 1. The minimum atomic E-state index is -0.566. The van der Waals surface area contributed by atoms with Crippen LogP contribution in [0.2, 0.25) is 0 Å². The largest absolute Gasteiger partial charge is 0.460 e. The number of aryl methyl sites for hydroxylation is 2. The number of aliphatic imine (C=N–C) groups is 1. The molecule has 2 aliphatic rings. The zero-order valence-corrected chi connectivity index (χ0v) is 21.1. The van der Waals surface area contributed by atoms with Crippen LogP contribution in [0.15, 0.2) is 28.8 Å². The SMILES string of the molecule is Cc1sc2c(c1C)C(C1=CC(C)C(Cl)C=C1)=N[C@H](CC(=O)OC(C)(C)C)c1nnc(C)n1-2. The highest BCUT2D eigenvalue weighted by atomic mass is 35.5. The summed E-state index contributed by atoms with van der Waals surface area (Å²) in [6, 6.07) is -0.501. The molecule has 2 unspecified atom stereocenters. The molecule has 32 heavy (non-hydrogen) atoms. The fraction of sp³-hybridized carbons (Fsp3) is 0.500. The summed E-state index contributed by atoms with van der Waals surface area (Å²) < 4.78 is 7.66. The Kier molecular flexibility index (Phi) is 5.92. The van der Waals surface area contributed by atoms with Gasteiger partial charge in [-0.1, -0.05) is 25.2 Å². The Bertz CT molecular complexity index is 1170. The Morgan fingerprint density at radius 3 is 2.62 bits per heavy atom. The van der Waals surface area contributed by atoms with Gasteiger partial charge in [0.15, 0.2) is 5.82 Å². The van der Waals surface area contributed by atoms with E-state index in [-0.39, 0.29) is 23.7 Å². The van der Waals surface area contributed by atoms with Crippen LogP contribution < -0.4 is 0 Å². The van der Waals surface area contributed by atoms with Gasteiger partial charge in [0.1, 0.15) is 22.5 Å². The molecule has 0 bridgehead atoms. The molecule has 4 rings (SSSR count). The van der Waals surface area contributed by atoms with Crippen LogP contribution in [0.5, 0.6) is 0 Å². The maximum atomic E-state index is 12.8. The summed E-state index contributed by atoms with van der Waals surface area (Å²) in [5, 5.41) is 9.75. The molecule has 0 fully saturated rings. The van der Waals surface area contributed by atoms with Crippen molar-refractivity contribution >= 4 is 34.6 Å². The van der Waals surface area contributed by atoms with Gasteiger partial charge in [0.2, 0.25) is 0 Å². The molecule has 1 aliphatic heterocycles. The van der Waals surface area contributed by atoms with Crippen molar-refractivity contribution in [3.05, 3.63) is 51.5 Å². The van der Waals surface area contributed by atoms with Crippen LogP contribution in [0.4, 0.5) is 0 Å². The number of thiophene rings is 1. The van der Waals surface area contributed by atoms with Crippen molar-refractivity contribution < 1.29 is 9.53 Å². The van der Waals surface area contributed by atoms with Crippen molar-refractivity contribution in [2.45, 2.75) is 71.9 Å². The van der Waals surface area contributed by atoms with Crippen LogP contribution in [-0.4, -0.2) is 37.4 Å². The number of halogens is 1. The summed E-state index contributed by atoms with van der Waals surface area (Å²) in [6.07, 6.45) is 6.31. The van der Waals surface area contributed by atoms with Gasteiger partial charge in [-0.05, 0) is 58.6 Å².